The number of hydrogen-bond donors (Lipinski definition) is 3. The first-order chi connectivity index (χ1) is 10.5. The number of hydrogen-bond acceptors (Lipinski definition) is 8. The lowest BCUT2D eigenvalue weighted by molar-refractivity contribution is -0.144. The van der Waals surface area contributed by atoms with Crippen LogP contribution in [-0.4, -0.2) is 39.6 Å². The van der Waals surface area contributed by atoms with Gasteiger partial charge in [-0.3, -0.25) is 0 Å². The quantitative estimate of drug-likeness (QED) is 0.658. The van der Waals surface area contributed by atoms with E-state index in [9.17, 15) is 9.90 Å². The van der Waals surface area contributed by atoms with Crippen molar-refractivity contribution in [3.63, 3.8) is 0 Å². The van der Waals surface area contributed by atoms with Crippen LogP contribution >= 0.6 is 34.4 Å². The topological polar surface area (TPSA) is 115 Å². The minimum Gasteiger partial charge on any atom is -0.480 e. The minimum atomic E-state index is -1.45. The Morgan fingerprint density at radius 3 is 2.82 bits per heavy atom. The summed E-state index contributed by atoms with van der Waals surface area (Å²) in [6.07, 6.45) is 2.98. The lowest BCUT2D eigenvalue weighted by Crippen LogP contribution is -2.45. The van der Waals surface area contributed by atoms with Gasteiger partial charge in [0.2, 0.25) is 0 Å². The Bertz CT molecular complexity index is 643. The largest absolute Gasteiger partial charge is 0.480 e. The van der Waals surface area contributed by atoms with Gasteiger partial charge in [-0.2, -0.15) is 11.8 Å². The molecule has 0 saturated heterocycles. The molecule has 22 heavy (non-hydrogen) atoms. The number of aliphatic carboxylic acids is 1. The first-order valence-corrected chi connectivity index (χ1v) is 9.78. The van der Waals surface area contributed by atoms with Crippen LogP contribution in [0.1, 0.15) is 17.1 Å². The van der Waals surface area contributed by atoms with E-state index in [-0.39, 0.29) is 0 Å². The number of carbonyl (C=O) groups is 1. The van der Waals surface area contributed by atoms with E-state index in [4.69, 9.17) is 11.5 Å². The number of rotatable bonds is 8. The van der Waals surface area contributed by atoms with Gasteiger partial charge in [0.1, 0.15) is 10.7 Å². The summed E-state index contributed by atoms with van der Waals surface area (Å²) in [7, 11) is 0. The molecule has 0 unspecified atom stereocenters. The Hall–Kier alpha value is -1.00. The molecule has 0 aliphatic carbocycles. The smallest absolute Gasteiger partial charge is 0.330 e. The molecule has 2 aromatic rings. The summed E-state index contributed by atoms with van der Waals surface area (Å²) in [4.78, 5) is 20.4. The molecule has 1 atom stereocenters. The fraction of sp³-hybridized carbons (Fsp3) is 0.462. The molecule has 0 bridgehead atoms. The lowest BCUT2D eigenvalue weighted by atomic mass is 9.94. The molecule has 6 nitrogen and oxygen atoms in total. The Morgan fingerprint density at radius 1 is 1.41 bits per heavy atom. The van der Waals surface area contributed by atoms with Crippen LogP contribution in [0.3, 0.4) is 0 Å². The molecule has 2 rings (SSSR count). The van der Waals surface area contributed by atoms with Gasteiger partial charge in [-0.1, -0.05) is 0 Å². The summed E-state index contributed by atoms with van der Waals surface area (Å²) < 4.78 is 0. The van der Waals surface area contributed by atoms with Crippen molar-refractivity contribution in [2.24, 2.45) is 11.5 Å². The van der Waals surface area contributed by atoms with E-state index < -0.39 is 11.5 Å². The molecule has 0 aliphatic heterocycles. The first kappa shape index (κ1) is 17.4. The predicted octanol–water partition coefficient (Wildman–Crippen LogP) is 1.76. The van der Waals surface area contributed by atoms with Crippen LogP contribution in [0.25, 0.3) is 10.7 Å². The SMILES string of the molecule is CSCC[C@](N)(C(=O)O)c1csc(-c2csc(CCN)n2)n1. The molecular weight excluding hydrogens is 340 g/mol. The standard InChI is InChI=1S/C13H18N4O2S3/c1-20-5-3-13(15,12(18)19)9-7-22-11(17-9)8-6-21-10(16-8)2-4-14/h6-7H,2-5,14-15H2,1H3,(H,18,19)/t13-/m1/s1. The molecule has 2 aromatic heterocycles. The highest BCUT2D eigenvalue weighted by Gasteiger charge is 2.38. The van der Waals surface area contributed by atoms with Crippen LogP contribution in [0.15, 0.2) is 10.8 Å². The number of carboxylic acids is 1. The van der Waals surface area contributed by atoms with Gasteiger partial charge in [0.25, 0.3) is 0 Å². The molecule has 0 saturated carbocycles. The van der Waals surface area contributed by atoms with Gasteiger partial charge >= 0.3 is 5.97 Å². The normalized spacial score (nSPS) is 14.0. The van der Waals surface area contributed by atoms with Crippen LogP contribution in [0, 0.1) is 0 Å². The van der Waals surface area contributed by atoms with Crippen LogP contribution in [0.2, 0.25) is 0 Å². The second-order valence-electron chi connectivity index (χ2n) is 4.72. The van der Waals surface area contributed by atoms with Gasteiger partial charge in [0.15, 0.2) is 5.54 Å². The van der Waals surface area contributed by atoms with Gasteiger partial charge < -0.3 is 16.6 Å². The van der Waals surface area contributed by atoms with Gasteiger partial charge in [0.05, 0.1) is 10.7 Å². The molecule has 0 spiro atoms. The first-order valence-electron chi connectivity index (χ1n) is 6.63. The molecule has 2 heterocycles. The van der Waals surface area contributed by atoms with Gasteiger partial charge in [-0.25, -0.2) is 14.8 Å². The van der Waals surface area contributed by atoms with E-state index in [0.717, 1.165) is 17.1 Å². The number of aromatic nitrogens is 2. The van der Waals surface area contributed by atoms with Crippen molar-refractivity contribution in [2.45, 2.75) is 18.4 Å². The second-order valence-corrected chi connectivity index (χ2v) is 7.51. The molecule has 0 aromatic carbocycles. The number of carboxylic acid groups (broad SMARTS) is 1. The van der Waals surface area contributed by atoms with Crippen molar-refractivity contribution >= 4 is 40.4 Å². The van der Waals surface area contributed by atoms with Gasteiger partial charge in [0, 0.05) is 17.2 Å². The third kappa shape index (κ3) is 3.66. The van der Waals surface area contributed by atoms with Crippen LogP contribution in [0.4, 0.5) is 0 Å². The van der Waals surface area contributed by atoms with Crippen molar-refractivity contribution in [3.8, 4) is 10.7 Å². The molecule has 0 radical (unpaired) electrons. The summed E-state index contributed by atoms with van der Waals surface area (Å²) in [5, 5.41) is 14.7. The number of nitrogens with two attached hydrogens (primary N) is 2. The Balaban J connectivity index is 2.26. The highest BCUT2D eigenvalue weighted by Crippen LogP contribution is 2.31. The van der Waals surface area contributed by atoms with Gasteiger partial charge in [-0.15, -0.1) is 22.7 Å². The fourth-order valence-corrected chi connectivity index (χ4v) is 4.11. The van der Waals surface area contributed by atoms with Crippen molar-refractivity contribution in [2.75, 3.05) is 18.6 Å². The third-order valence-electron chi connectivity index (χ3n) is 3.17. The van der Waals surface area contributed by atoms with E-state index in [1.165, 1.54) is 22.7 Å². The predicted molar refractivity (Wildman–Crippen MR) is 92.5 cm³/mol. The van der Waals surface area contributed by atoms with E-state index >= 15 is 0 Å². The van der Waals surface area contributed by atoms with Crippen LogP contribution in [-0.2, 0) is 16.8 Å². The highest BCUT2D eigenvalue weighted by atomic mass is 32.2. The maximum atomic E-state index is 11.6. The molecule has 9 heteroatoms. The molecule has 0 fully saturated rings. The molecule has 0 amide bonds. The Labute approximate surface area is 141 Å². The van der Waals surface area contributed by atoms with Crippen LogP contribution in [0.5, 0.6) is 0 Å². The Morgan fingerprint density at radius 2 is 2.18 bits per heavy atom. The summed E-state index contributed by atoms with van der Waals surface area (Å²) in [6, 6.07) is 0. The zero-order valence-electron chi connectivity index (χ0n) is 12.1. The molecular formula is C13H18N4O2S3. The van der Waals surface area contributed by atoms with E-state index in [1.54, 1.807) is 17.1 Å². The fourth-order valence-electron chi connectivity index (χ4n) is 1.85. The van der Waals surface area contributed by atoms with Crippen molar-refractivity contribution in [1.29, 1.82) is 0 Å². The van der Waals surface area contributed by atoms with Crippen molar-refractivity contribution < 1.29 is 9.90 Å². The van der Waals surface area contributed by atoms with Crippen LogP contribution < -0.4 is 11.5 Å². The van der Waals surface area contributed by atoms with Crippen molar-refractivity contribution in [1.82, 2.24) is 9.97 Å². The summed E-state index contributed by atoms with van der Waals surface area (Å²) in [5.41, 5.74) is 11.3. The monoisotopic (exact) mass is 358 g/mol. The van der Waals surface area contributed by atoms with Crippen molar-refractivity contribution in [3.05, 3.63) is 21.5 Å². The maximum absolute atomic E-state index is 11.6. The van der Waals surface area contributed by atoms with E-state index in [1.807, 2.05) is 11.6 Å². The highest BCUT2D eigenvalue weighted by molar-refractivity contribution is 7.98. The van der Waals surface area contributed by atoms with E-state index in [0.29, 0.717) is 29.4 Å². The number of thiazole rings is 2. The number of nitrogens with zero attached hydrogens (tertiary/aromatic N) is 2. The van der Waals surface area contributed by atoms with Gasteiger partial charge in [-0.05, 0) is 25.0 Å². The summed E-state index contributed by atoms with van der Waals surface area (Å²) in [5.74, 6) is -0.395. The zero-order chi connectivity index (χ0) is 16.2. The Kier molecular flexibility index (Phi) is 5.93. The van der Waals surface area contributed by atoms with E-state index in [2.05, 4.69) is 9.97 Å². The minimum absolute atomic E-state index is 0.335. The third-order valence-corrected chi connectivity index (χ3v) is 5.56. The number of thioether (sulfide) groups is 1. The maximum Gasteiger partial charge on any atom is 0.330 e. The molecule has 0 aliphatic rings. The lowest BCUT2D eigenvalue weighted by Gasteiger charge is -2.22. The average Bonchev–Trinajstić information content (AvgIpc) is 3.13. The summed E-state index contributed by atoms with van der Waals surface area (Å²) in [6.45, 7) is 0.551. The average molecular weight is 359 g/mol. The molecule has 5 N–H and O–H groups in total. The molecule has 120 valence electrons. The summed E-state index contributed by atoms with van der Waals surface area (Å²) >= 11 is 4.46. The second kappa shape index (κ2) is 7.51. The zero-order valence-corrected chi connectivity index (χ0v) is 14.6.